The minimum atomic E-state index is -0.222. The van der Waals surface area contributed by atoms with Gasteiger partial charge in [-0.3, -0.25) is 9.89 Å². The quantitative estimate of drug-likeness (QED) is 0.553. The number of hydrogen-bond donors (Lipinski definition) is 2. The number of anilines is 1. The Morgan fingerprint density at radius 2 is 1.81 bits per heavy atom. The van der Waals surface area contributed by atoms with Crippen LogP contribution in [0.2, 0.25) is 0 Å². The van der Waals surface area contributed by atoms with Gasteiger partial charge in [0.25, 0.3) is 5.91 Å². The molecule has 1 amide bonds. The van der Waals surface area contributed by atoms with Gasteiger partial charge in [0.15, 0.2) is 5.75 Å². The van der Waals surface area contributed by atoms with Gasteiger partial charge in [-0.2, -0.15) is 5.10 Å². The molecule has 4 rings (SSSR count). The second-order valence-electron chi connectivity index (χ2n) is 6.01. The lowest BCUT2D eigenvalue weighted by Gasteiger charge is -2.12. The Morgan fingerprint density at radius 3 is 2.65 bits per heavy atom. The molecule has 0 aliphatic rings. The molecule has 5 nitrogen and oxygen atoms in total. The third kappa shape index (κ3) is 3.15. The lowest BCUT2D eigenvalue weighted by Crippen LogP contribution is -2.13. The first-order chi connectivity index (χ1) is 12.7. The molecule has 0 aliphatic heterocycles. The van der Waals surface area contributed by atoms with Crippen LogP contribution in [0.15, 0.2) is 72.9 Å². The maximum Gasteiger partial charge on any atom is 0.257 e. The topological polar surface area (TPSA) is 67.0 Å². The molecule has 3 aromatic carbocycles. The van der Waals surface area contributed by atoms with E-state index in [4.69, 9.17) is 4.74 Å². The van der Waals surface area contributed by atoms with Crippen LogP contribution in [0.1, 0.15) is 15.9 Å². The van der Waals surface area contributed by atoms with Crippen molar-refractivity contribution in [2.75, 3.05) is 5.32 Å². The van der Waals surface area contributed by atoms with Gasteiger partial charge in [-0.05, 0) is 37.3 Å². The molecule has 0 atom stereocenters. The number of aryl methyl sites for hydroxylation is 1. The molecule has 0 spiro atoms. The molecule has 1 heterocycles. The number of H-pyrrole nitrogens is 1. The molecule has 2 N–H and O–H groups in total. The summed E-state index contributed by atoms with van der Waals surface area (Å²) in [5.74, 6) is 1.08. The fraction of sp³-hybridized carbons (Fsp3) is 0.0476. The average molecular weight is 343 g/mol. The monoisotopic (exact) mass is 343 g/mol. The van der Waals surface area contributed by atoms with E-state index in [-0.39, 0.29) is 5.91 Å². The number of nitrogens with one attached hydrogen (secondary N) is 2. The number of carbonyl (C=O) groups excluding carboxylic acids is 1. The molecule has 0 bridgehead atoms. The van der Waals surface area contributed by atoms with Crippen molar-refractivity contribution < 1.29 is 9.53 Å². The summed E-state index contributed by atoms with van der Waals surface area (Å²) < 4.78 is 5.94. The third-order valence-corrected chi connectivity index (χ3v) is 4.11. The highest BCUT2D eigenvalue weighted by Gasteiger charge is 2.14. The lowest BCUT2D eigenvalue weighted by molar-refractivity contribution is 0.102. The number of amides is 1. The van der Waals surface area contributed by atoms with Crippen molar-refractivity contribution in [1.29, 1.82) is 0 Å². The van der Waals surface area contributed by atoms with Gasteiger partial charge < -0.3 is 10.1 Å². The highest BCUT2D eigenvalue weighted by atomic mass is 16.5. The number of benzene rings is 3. The van der Waals surface area contributed by atoms with Crippen LogP contribution < -0.4 is 10.1 Å². The molecular formula is C21H17N3O2. The van der Waals surface area contributed by atoms with Crippen molar-refractivity contribution >= 4 is 22.5 Å². The van der Waals surface area contributed by atoms with Crippen LogP contribution in [0.3, 0.4) is 0 Å². The number of hydrogen-bond acceptors (Lipinski definition) is 3. The van der Waals surface area contributed by atoms with Crippen molar-refractivity contribution in [3.8, 4) is 11.5 Å². The standard InChI is InChI=1S/C21H17N3O2/c1-14-9-11-16(12-10-14)26-19-8-3-2-7-18(19)23-21(25)17-6-4-5-15-13-22-24-20(15)17/h2-13H,1H3,(H,22,24)(H,23,25). The number of para-hydroxylation sites is 3. The van der Waals surface area contributed by atoms with Crippen LogP contribution in [0.5, 0.6) is 11.5 Å². The van der Waals surface area contributed by atoms with Gasteiger partial charge in [0.2, 0.25) is 0 Å². The Morgan fingerprint density at radius 1 is 1.00 bits per heavy atom. The van der Waals surface area contributed by atoms with Gasteiger partial charge in [0.1, 0.15) is 5.75 Å². The first-order valence-corrected chi connectivity index (χ1v) is 8.28. The van der Waals surface area contributed by atoms with Crippen molar-refractivity contribution in [2.45, 2.75) is 6.92 Å². The summed E-state index contributed by atoms with van der Waals surface area (Å²) in [6.07, 6.45) is 1.70. The Kier molecular flexibility index (Phi) is 4.11. The maximum absolute atomic E-state index is 12.8. The second-order valence-corrected chi connectivity index (χ2v) is 6.01. The predicted octanol–water partition coefficient (Wildman–Crippen LogP) is 4.92. The first-order valence-electron chi connectivity index (χ1n) is 8.28. The zero-order valence-electron chi connectivity index (χ0n) is 14.2. The third-order valence-electron chi connectivity index (χ3n) is 4.11. The molecule has 0 saturated carbocycles. The molecule has 0 saturated heterocycles. The Balaban J connectivity index is 1.61. The summed E-state index contributed by atoms with van der Waals surface area (Å²) in [6.45, 7) is 2.02. The molecular weight excluding hydrogens is 326 g/mol. The van der Waals surface area contributed by atoms with Gasteiger partial charge in [0.05, 0.1) is 23.0 Å². The van der Waals surface area contributed by atoms with Gasteiger partial charge >= 0.3 is 0 Å². The normalized spacial score (nSPS) is 10.7. The van der Waals surface area contributed by atoms with E-state index >= 15 is 0 Å². The molecule has 0 radical (unpaired) electrons. The Labute approximate surface area is 150 Å². The van der Waals surface area contributed by atoms with E-state index < -0.39 is 0 Å². The number of rotatable bonds is 4. The van der Waals surface area contributed by atoms with Crippen molar-refractivity contribution in [1.82, 2.24) is 10.2 Å². The molecule has 0 unspecified atom stereocenters. The SMILES string of the molecule is Cc1ccc(Oc2ccccc2NC(=O)c2cccc3cn[nH]c23)cc1. The fourth-order valence-electron chi connectivity index (χ4n) is 2.74. The van der Waals surface area contributed by atoms with Crippen molar-refractivity contribution in [3.63, 3.8) is 0 Å². The van der Waals surface area contributed by atoms with Gasteiger partial charge in [0, 0.05) is 5.39 Å². The summed E-state index contributed by atoms with van der Waals surface area (Å²) in [4.78, 5) is 12.8. The maximum atomic E-state index is 12.8. The zero-order valence-corrected chi connectivity index (χ0v) is 14.2. The molecule has 26 heavy (non-hydrogen) atoms. The molecule has 4 aromatic rings. The number of ether oxygens (including phenoxy) is 1. The minimum Gasteiger partial charge on any atom is -0.455 e. The molecule has 5 heteroatoms. The van der Waals surface area contributed by atoms with E-state index in [1.807, 2.05) is 67.6 Å². The summed E-state index contributed by atoms with van der Waals surface area (Å²) in [7, 11) is 0. The minimum absolute atomic E-state index is 0.222. The Bertz CT molecular complexity index is 1070. The van der Waals surface area contributed by atoms with E-state index in [9.17, 15) is 4.79 Å². The molecule has 0 fully saturated rings. The Hall–Kier alpha value is -3.60. The van der Waals surface area contributed by atoms with Crippen LogP contribution in [0.4, 0.5) is 5.69 Å². The number of aromatic nitrogens is 2. The van der Waals surface area contributed by atoms with Gasteiger partial charge in [-0.1, -0.05) is 42.0 Å². The van der Waals surface area contributed by atoms with Crippen LogP contribution in [-0.4, -0.2) is 16.1 Å². The van der Waals surface area contributed by atoms with Crippen LogP contribution in [-0.2, 0) is 0 Å². The van der Waals surface area contributed by atoms with E-state index in [2.05, 4.69) is 15.5 Å². The van der Waals surface area contributed by atoms with Crippen molar-refractivity contribution in [2.24, 2.45) is 0 Å². The van der Waals surface area contributed by atoms with E-state index in [0.29, 0.717) is 28.3 Å². The summed E-state index contributed by atoms with van der Waals surface area (Å²) in [5, 5.41) is 10.7. The van der Waals surface area contributed by atoms with Crippen LogP contribution in [0.25, 0.3) is 10.9 Å². The number of aromatic amines is 1. The largest absolute Gasteiger partial charge is 0.455 e. The van der Waals surface area contributed by atoms with Gasteiger partial charge in [-0.15, -0.1) is 0 Å². The van der Waals surface area contributed by atoms with Crippen LogP contribution in [0, 0.1) is 6.92 Å². The van der Waals surface area contributed by atoms with Gasteiger partial charge in [-0.25, -0.2) is 0 Å². The zero-order chi connectivity index (χ0) is 17.9. The molecule has 0 aliphatic carbocycles. The molecule has 1 aromatic heterocycles. The smallest absolute Gasteiger partial charge is 0.257 e. The summed E-state index contributed by atoms with van der Waals surface area (Å²) in [5.41, 5.74) is 3.01. The number of fused-ring (bicyclic) bond motifs is 1. The first kappa shape index (κ1) is 15.9. The average Bonchev–Trinajstić information content (AvgIpc) is 3.14. The van der Waals surface area contributed by atoms with Crippen molar-refractivity contribution in [3.05, 3.63) is 84.1 Å². The summed E-state index contributed by atoms with van der Waals surface area (Å²) in [6, 6.07) is 20.6. The number of nitrogens with zero attached hydrogens (tertiary/aromatic N) is 1. The van der Waals surface area contributed by atoms with E-state index in [0.717, 1.165) is 10.9 Å². The number of carbonyl (C=O) groups is 1. The highest BCUT2D eigenvalue weighted by Crippen LogP contribution is 2.30. The molecule has 128 valence electrons. The lowest BCUT2D eigenvalue weighted by atomic mass is 10.1. The second kappa shape index (κ2) is 6.72. The van der Waals surface area contributed by atoms with E-state index in [1.54, 1.807) is 12.3 Å². The fourth-order valence-corrected chi connectivity index (χ4v) is 2.74. The summed E-state index contributed by atoms with van der Waals surface area (Å²) >= 11 is 0. The van der Waals surface area contributed by atoms with Crippen LogP contribution >= 0.6 is 0 Å². The predicted molar refractivity (Wildman–Crippen MR) is 102 cm³/mol. The van der Waals surface area contributed by atoms with E-state index in [1.165, 1.54) is 0 Å². The highest BCUT2D eigenvalue weighted by molar-refractivity contribution is 6.12.